The monoisotopic (exact) mass is 667 g/mol. The van der Waals surface area contributed by atoms with Crippen LogP contribution in [-0.4, -0.2) is 62.8 Å². The summed E-state index contributed by atoms with van der Waals surface area (Å²) in [5.74, 6) is 1.15. The van der Waals surface area contributed by atoms with Crippen molar-refractivity contribution in [2.45, 2.75) is 31.9 Å². The van der Waals surface area contributed by atoms with Gasteiger partial charge in [-0.2, -0.15) is 0 Å². The molecule has 4 rings (SSSR count). The highest BCUT2D eigenvalue weighted by Crippen LogP contribution is 2.30. The molecule has 1 atom stereocenters. The van der Waals surface area contributed by atoms with E-state index in [-0.39, 0.29) is 33.0 Å². The summed E-state index contributed by atoms with van der Waals surface area (Å²) in [6.45, 7) is 1.09. The molecule has 38 heavy (non-hydrogen) atoms. The van der Waals surface area contributed by atoms with E-state index in [9.17, 15) is 9.90 Å². The highest BCUT2D eigenvalue weighted by atomic mass is 127. The summed E-state index contributed by atoms with van der Waals surface area (Å²) in [5.41, 5.74) is 1.64. The number of rotatable bonds is 10. The van der Waals surface area contributed by atoms with Crippen LogP contribution in [0.3, 0.4) is 0 Å². The molecule has 202 valence electrons. The third-order valence-electron chi connectivity index (χ3n) is 6.05. The molecule has 0 bridgehead atoms. The molecule has 1 aliphatic heterocycles. The van der Waals surface area contributed by atoms with Gasteiger partial charge in [-0.15, -0.1) is 0 Å². The number of hydrogen-bond acceptors (Lipinski definition) is 7. The van der Waals surface area contributed by atoms with Gasteiger partial charge in [-0.1, -0.05) is 38.4 Å². The van der Waals surface area contributed by atoms with E-state index < -0.39 is 6.61 Å². The van der Waals surface area contributed by atoms with Crippen molar-refractivity contribution in [1.82, 2.24) is 13.4 Å². The van der Waals surface area contributed by atoms with Crippen LogP contribution in [0.2, 0.25) is 5.02 Å². The quantitative estimate of drug-likeness (QED) is 0.190. The Morgan fingerprint density at radius 3 is 2.95 bits per heavy atom. The Morgan fingerprint density at radius 2 is 2.21 bits per heavy atom. The lowest BCUT2D eigenvalue weighted by Crippen LogP contribution is -2.46. The Balaban J connectivity index is 1.40. The molecule has 1 aromatic heterocycles. The van der Waals surface area contributed by atoms with Crippen molar-refractivity contribution in [3.8, 4) is 5.75 Å². The second kappa shape index (κ2) is 15.4. The van der Waals surface area contributed by atoms with Gasteiger partial charge in [0.1, 0.15) is 24.8 Å². The summed E-state index contributed by atoms with van der Waals surface area (Å²) in [4.78, 5) is 23.1. The first kappa shape index (κ1) is 28.8. The fourth-order valence-electron chi connectivity index (χ4n) is 3.90. The lowest BCUT2D eigenvalue weighted by atomic mass is 9.91. The standard InChI is InChI=1S/C27H32ClIN5O3P/c28-24-15-20(9-10-25(24)37-18-21-5-1-2-12-30-21)33-26-16-23(8-4-11-29-32-19-31-26)38-14-13-34(27(36)17-35)22-6-3-7-22/h1-2,4-5,8-12,15-16,22,32,35,38H,3,6-7,13-14,17-19H2,(H,31,33)/b8-4-,23-16-. The number of aliphatic hydroxyl groups is 1. The number of carbonyl (C=O) groups excluding carboxylic acids is 1. The van der Waals surface area contributed by atoms with E-state index in [1.54, 1.807) is 6.20 Å². The summed E-state index contributed by atoms with van der Waals surface area (Å²) in [6.07, 6.45) is 12.0. The molecule has 1 aromatic carbocycles. The minimum absolute atomic E-state index is 0.174. The van der Waals surface area contributed by atoms with Crippen molar-refractivity contribution in [2.75, 3.05) is 31.3 Å². The molecule has 2 aliphatic rings. The molecule has 2 aromatic rings. The van der Waals surface area contributed by atoms with Gasteiger partial charge >= 0.3 is 0 Å². The lowest BCUT2D eigenvalue weighted by Gasteiger charge is -2.37. The van der Waals surface area contributed by atoms with Gasteiger partial charge in [-0.25, -0.2) is 3.53 Å². The van der Waals surface area contributed by atoms with Gasteiger partial charge in [0.15, 0.2) is 0 Å². The fourth-order valence-corrected chi connectivity index (χ4v) is 6.26. The number of carbonyl (C=O) groups is 1. The van der Waals surface area contributed by atoms with Crippen LogP contribution in [0.4, 0.5) is 5.69 Å². The predicted molar refractivity (Wildman–Crippen MR) is 166 cm³/mol. The first-order valence-electron chi connectivity index (χ1n) is 12.5. The zero-order valence-corrected chi connectivity index (χ0v) is 24.9. The molecule has 2 heterocycles. The number of aliphatic imine (C=N–C) groups is 1. The maximum atomic E-state index is 12.2. The number of allylic oxidation sites excluding steroid dienone is 3. The molecule has 1 aliphatic carbocycles. The van der Waals surface area contributed by atoms with Crippen molar-refractivity contribution in [2.24, 2.45) is 4.99 Å². The number of nitrogens with one attached hydrogen (secondary N) is 2. The highest BCUT2D eigenvalue weighted by Gasteiger charge is 2.27. The Bertz CT molecular complexity index is 1200. The fraction of sp³-hybridized carbons (Fsp3) is 0.333. The largest absolute Gasteiger partial charge is 0.486 e. The number of nitrogens with zero attached hydrogens (tertiary/aromatic N) is 3. The van der Waals surface area contributed by atoms with Gasteiger partial charge in [-0.05, 0) is 92.2 Å². The number of anilines is 1. The Morgan fingerprint density at radius 1 is 1.32 bits per heavy atom. The molecular weight excluding hydrogens is 636 g/mol. The van der Waals surface area contributed by atoms with E-state index in [2.05, 4.69) is 36.1 Å². The van der Waals surface area contributed by atoms with E-state index in [1.807, 2.05) is 41.3 Å². The van der Waals surface area contributed by atoms with Crippen LogP contribution in [0.1, 0.15) is 25.0 Å². The Labute approximate surface area is 240 Å². The van der Waals surface area contributed by atoms with Crippen molar-refractivity contribution in [3.63, 3.8) is 0 Å². The highest BCUT2D eigenvalue weighted by molar-refractivity contribution is 14.2. The topological polar surface area (TPSA) is 99.1 Å². The molecule has 0 radical (unpaired) electrons. The van der Waals surface area contributed by atoms with Crippen molar-refractivity contribution >= 4 is 62.6 Å². The van der Waals surface area contributed by atoms with Crippen LogP contribution in [-0.2, 0) is 11.4 Å². The minimum atomic E-state index is -0.426. The molecule has 0 saturated heterocycles. The summed E-state index contributed by atoms with van der Waals surface area (Å²) in [6, 6.07) is 11.6. The zero-order chi connectivity index (χ0) is 26.6. The second-order valence-electron chi connectivity index (χ2n) is 8.67. The molecule has 11 heteroatoms. The van der Waals surface area contributed by atoms with Crippen LogP contribution < -0.4 is 13.6 Å². The first-order valence-corrected chi connectivity index (χ1v) is 16.4. The van der Waals surface area contributed by atoms with Crippen LogP contribution >= 0.6 is 41.2 Å². The number of aliphatic hydroxyl groups excluding tert-OH is 1. The number of amidine groups is 1. The average molecular weight is 668 g/mol. The van der Waals surface area contributed by atoms with Crippen LogP contribution in [0.15, 0.2) is 71.1 Å². The molecular formula is C27H32ClIN5O3P. The van der Waals surface area contributed by atoms with Gasteiger partial charge in [0.05, 0.1) is 17.4 Å². The van der Waals surface area contributed by atoms with Crippen LogP contribution in [0, 0.1) is 0 Å². The SMILES string of the molecule is O=C(CO)N(CCPC1=C\C(Nc2ccc(OCc3ccccn3)c(Cl)c2)=N/CNI=C/C=C\1)C1CCC1. The molecule has 1 amide bonds. The van der Waals surface area contributed by atoms with E-state index in [0.717, 1.165) is 48.0 Å². The maximum absolute atomic E-state index is 12.2. The molecule has 1 unspecified atom stereocenters. The van der Waals surface area contributed by atoms with E-state index in [1.165, 1.54) is 0 Å². The average Bonchev–Trinajstić information content (AvgIpc) is 2.90. The number of pyridine rings is 1. The summed E-state index contributed by atoms with van der Waals surface area (Å²) < 4.78 is 11.4. The van der Waals surface area contributed by atoms with Crippen LogP contribution in [0.25, 0.3) is 0 Å². The number of amides is 1. The predicted octanol–water partition coefficient (Wildman–Crippen LogP) is 4.87. The number of aromatic nitrogens is 1. The number of benzene rings is 1. The number of ether oxygens (including phenoxy) is 1. The molecule has 1 saturated carbocycles. The number of hydrogen-bond donors (Lipinski definition) is 3. The van der Waals surface area contributed by atoms with Crippen molar-refractivity contribution in [3.05, 3.63) is 76.9 Å². The van der Waals surface area contributed by atoms with E-state index in [4.69, 9.17) is 21.3 Å². The second-order valence-corrected chi connectivity index (χ2v) is 12.6. The number of halogens is 2. The molecule has 3 N–H and O–H groups in total. The summed E-state index contributed by atoms with van der Waals surface area (Å²) in [7, 11) is 0.500. The van der Waals surface area contributed by atoms with Gasteiger partial charge < -0.3 is 20.1 Å². The minimum Gasteiger partial charge on any atom is -0.486 e. The van der Waals surface area contributed by atoms with Gasteiger partial charge in [0.25, 0.3) is 0 Å². The molecule has 0 spiro atoms. The van der Waals surface area contributed by atoms with Gasteiger partial charge in [-0.3, -0.25) is 14.8 Å². The summed E-state index contributed by atoms with van der Waals surface area (Å²) >= 11 is 6.24. The molecule has 1 fully saturated rings. The maximum Gasteiger partial charge on any atom is 0.248 e. The Hall–Kier alpha value is -2.17. The van der Waals surface area contributed by atoms with Gasteiger partial charge in [0.2, 0.25) is 5.91 Å². The molecule has 8 nitrogen and oxygen atoms in total. The van der Waals surface area contributed by atoms with E-state index >= 15 is 0 Å². The van der Waals surface area contributed by atoms with Crippen molar-refractivity contribution < 1.29 is 14.6 Å². The summed E-state index contributed by atoms with van der Waals surface area (Å²) in [5, 5.41) is 14.4. The normalized spacial score (nSPS) is 19.8. The third-order valence-corrected chi connectivity index (χ3v) is 9.09. The van der Waals surface area contributed by atoms with Crippen LogP contribution in [0.5, 0.6) is 5.75 Å². The third kappa shape index (κ3) is 8.95. The first-order chi connectivity index (χ1) is 18.6. The smallest absolute Gasteiger partial charge is 0.248 e. The zero-order valence-electron chi connectivity index (χ0n) is 20.9. The lowest BCUT2D eigenvalue weighted by molar-refractivity contribution is -0.137. The van der Waals surface area contributed by atoms with Crippen molar-refractivity contribution in [1.29, 1.82) is 0 Å². The van der Waals surface area contributed by atoms with E-state index in [0.29, 0.717) is 39.2 Å². The van der Waals surface area contributed by atoms with Gasteiger partial charge in [0, 0.05) is 24.5 Å². The Kier molecular flexibility index (Phi) is 11.7.